The Bertz CT molecular complexity index is 929. The number of ether oxygens (including phenoxy) is 1. The minimum Gasteiger partial charge on any atom is -0.465 e. The van der Waals surface area contributed by atoms with E-state index in [9.17, 15) is 21.6 Å². The molecule has 6 nitrogen and oxygen atoms in total. The molecule has 1 aliphatic rings. The zero-order chi connectivity index (χ0) is 19.5. The summed E-state index contributed by atoms with van der Waals surface area (Å²) >= 11 is 0. The summed E-state index contributed by atoms with van der Waals surface area (Å²) < 4.78 is 56.0. The van der Waals surface area contributed by atoms with E-state index >= 15 is 0 Å². The SMILES string of the molecule is O=C1OCCCC1CC(S(=O)(=O)c1ccccc1)S(=O)(=O)c1ccccc1. The van der Waals surface area contributed by atoms with E-state index in [4.69, 9.17) is 4.74 Å². The Hall–Kier alpha value is -2.19. The Labute approximate surface area is 159 Å². The van der Waals surface area contributed by atoms with Crippen LogP contribution in [0.2, 0.25) is 0 Å². The van der Waals surface area contributed by atoms with Crippen LogP contribution < -0.4 is 0 Å². The highest BCUT2D eigenvalue weighted by Gasteiger charge is 2.43. The van der Waals surface area contributed by atoms with E-state index in [0.29, 0.717) is 12.8 Å². The van der Waals surface area contributed by atoms with Gasteiger partial charge in [0, 0.05) is 0 Å². The van der Waals surface area contributed by atoms with E-state index in [0.717, 1.165) is 0 Å². The van der Waals surface area contributed by atoms with Crippen molar-refractivity contribution in [3.63, 3.8) is 0 Å². The Kier molecular flexibility index (Phi) is 5.67. The second-order valence-corrected chi connectivity index (χ2v) is 10.9. The first-order valence-electron chi connectivity index (χ1n) is 8.58. The average molecular weight is 408 g/mol. The Morgan fingerprint density at radius 3 is 1.78 bits per heavy atom. The van der Waals surface area contributed by atoms with Gasteiger partial charge >= 0.3 is 5.97 Å². The first-order chi connectivity index (χ1) is 12.8. The summed E-state index contributed by atoms with van der Waals surface area (Å²) in [4.78, 5) is 11.9. The van der Waals surface area contributed by atoms with Gasteiger partial charge in [-0.3, -0.25) is 4.79 Å². The molecule has 0 radical (unpaired) electrons. The Morgan fingerprint density at radius 1 is 0.852 bits per heavy atom. The molecule has 1 fully saturated rings. The maximum Gasteiger partial charge on any atom is 0.309 e. The third-order valence-electron chi connectivity index (χ3n) is 4.59. The fourth-order valence-electron chi connectivity index (χ4n) is 3.13. The van der Waals surface area contributed by atoms with Crippen LogP contribution in [0, 0.1) is 5.92 Å². The molecule has 1 aliphatic heterocycles. The molecule has 0 spiro atoms. The number of sulfone groups is 2. The number of rotatable bonds is 6. The summed E-state index contributed by atoms with van der Waals surface area (Å²) in [7, 11) is -8.45. The monoisotopic (exact) mass is 408 g/mol. The van der Waals surface area contributed by atoms with E-state index in [1.165, 1.54) is 48.5 Å². The summed E-state index contributed by atoms with van der Waals surface area (Å²) in [5, 5.41) is 0. The van der Waals surface area contributed by atoms with Crippen LogP contribution in [0.5, 0.6) is 0 Å². The lowest BCUT2D eigenvalue weighted by molar-refractivity contribution is -0.152. The number of carbonyl (C=O) groups excluding carboxylic acids is 1. The second kappa shape index (κ2) is 7.82. The highest BCUT2D eigenvalue weighted by Crippen LogP contribution is 2.32. The van der Waals surface area contributed by atoms with E-state index in [-0.39, 0.29) is 22.8 Å². The van der Waals surface area contributed by atoms with Gasteiger partial charge in [-0.1, -0.05) is 36.4 Å². The zero-order valence-electron chi connectivity index (χ0n) is 14.5. The van der Waals surface area contributed by atoms with Gasteiger partial charge in [0.1, 0.15) is 0 Å². The van der Waals surface area contributed by atoms with Crippen molar-refractivity contribution in [2.75, 3.05) is 6.61 Å². The van der Waals surface area contributed by atoms with Crippen LogP contribution in [0.3, 0.4) is 0 Å². The molecule has 2 aromatic rings. The largest absolute Gasteiger partial charge is 0.465 e. The van der Waals surface area contributed by atoms with Crippen molar-refractivity contribution in [3.8, 4) is 0 Å². The van der Waals surface area contributed by atoms with Gasteiger partial charge in [0.25, 0.3) is 0 Å². The van der Waals surface area contributed by atoms with Crippen LogP contribution in [0.4, 0.5) is 0 Å². The van der Waals surface area contributed by atoms with E-state index in [2.05, 4.69) is 0 Å². The van der Waals surface area contributed by atoms with Crippen molar-refractivity contribution < 1.29 is 26.4 Å². The molecule has 0 bridgehead atoms. The minimum atomic E-state index is -4.23. The van der Waals surface area contributed by atoms with Gasteiger partial charge < -0.3 is 4.74 Å². The smallest absolute Gasteiger partial charge is 0.309 e. The third-order valence-corrected chi connectivity index (χ3v) is 9.74. The first-order valence-corrected chi connectivity index (χ1v) is 11.7. The van der Waals surface area contributed by atoms with Crippen LogP contribution >= 0.6 is 0 Å². The molecule has 0 amide bonds. The molecule has 0 aromatic heterocycles. The van der Waals surface area contributed by atoms with Gasteiger partial charge in [-0.15, -0.1) is 0 Å². The number of hydrogen-bond acceptors (Lipinski definition) is 6. The molecule has 144 valence electrons. The molecule has 0 saturated carbocycles. The van der Waals surface area contributed by atoms with Gasteiger partial charge in [0.15, 0.2) is 24.3 Å². The number of cyclic esters (lactones) is 1. The molecule has 1 saturated heterocycles. The lowest BCUT2D eigenvalue weighted by Gasteiger charge is -2.25. The summed E-state index contributed by atoms with van der Waals surface area (Å²) in [6.07, 6.45) is 0.664. The predicted molar refractivity (Wildman–Crippen MR) is 99.3 cm³/mol. The van der Waals surface area contributed by atoms with Crippen LogP contribution in [0.15, 0.2) is 70.5 Å². The molecule has 8 heteroatoms. The number of esters is 1. The van der Waals surface area contributed by atoms with Crippen LogP contribution in [0.25, 0.3) is 0 Å². The van der Waals surface area contributed by atoms with Crippen molar-refractivity contribution in [1.29, 1.82) is 0 Å². The molecule has 0 N–H and O–H groups in total. The van der Waals surface area contributed by atoms with Crippen molar-refractivity contribution in [3.05, 3.63) is 60.7 Å². The van der Waals surface area contributed by atoms with Crippen molar-refractivity contribution in [2.45, 2.75) is 33.6 Å². The highest BCUT2D eigenvalue weighted by molar-refractivity contribution is 8.09. The second-order valence-electron chi connectivity index (χ2n) is 6.39. The van der Waals surface area contributed by atoms with Crippen LogP contribution in [-0.4, -0.2) is 34.0 Å². The molecule has 0 aliphatic carbocycles. The summed E-state index contributed by atoms with van der Waals surface area (Å²) in [5.74, 6) is -1.31. The van der Waals surface area contributed by atoms with Gasteiger partial charge in [0.2, 0.25) is 0 Å². The molecule has 1 unspecified atom stereocenters. The molecule has 27 heavy (non-hydrogen) atoms. The minimum absolute atomic E-state index is 0.0846. The van der Waals surface area contributed by atoms with Gasteiger partial charge in [0.05, 0.1) is 22.3 Å². The van der Waals surface area contributed by atoms with Crippen molar-refractivity contribution in [2.24, 2.45) is 5.92 Å². The molecule has 1 atom stereocenters. The fraction of sp³-hybridized carbons (Fsp3) is 0.316. The number of carbonyl (C=O) groups is 1. The topological polar surface area (TPSA) is 94.6 Å². The average Bonchev–Trinajstić information content (AvgIpc) is 2.68. The summed E-state index contributed by atoms with van der Waals surface area (Å²) in [6.45, 7) is 0.275. The lowest BCUT2D eigenvalue weighted by Crippen LogP contribution is -2.36. The van der Waals surface area contributed by atoms with E-state index < -0.39 is 36.1 Å². The Balaban J connectivity index is 2.08. The maximum atomic E-state index is 13.2. The normalized spacial score (nSPS) is 18.3. The van der Waals surface area contributed by atoms with E-state index in [1.54, 1.807) is 12.1 Å². The predicted octanol–water partition coefficient (Wildman–Crippen LogP) is 2.60. The molecule has 1 heterocycles. The van der Waals surface area contributed by atoms with Crippen LogP contribution in [0.1, 0.15) is 19.3 Å². The molecule has 2 aromatic carbocycles. The standard InChI is InChI=1S/C19H20O6S2/c20-19-15(8-7-13-25-19)14-18(26(21,22)16-9-3-1-4-10-16)27(23,24)17-11-5-2-6-12-17/h1-6,9-12,15,18H,7-8,13-14H2. The fourth-order valence-corrected chi connectivity index (χ4v) is 7.78. The zero-order valence-corrected chi connectivity index (χ0v) is 16.2. The Morgan fingerprint density at radius 2 is 1.33 bits per heavy atom. The first kappa shape index (κ1) is 19.6. The summed E-state index contributed by atoms with van der Waals surface area (Å²) in [6, 6.07) is 14.9. The van der Waals surface area contributed by atoms with Crippen molar-refractivity contribution in [1.82, 2.24) is 0 Å². The summed E-state index contributed by atoms with van der Waals surface area (Å²) in [5.41, 5.74) is 0. The maximum absolute atomic E-state index is 13.2. The molecular weight excluding hydrogens is 388 g/mol. The quantitative estimate of drug-likeness (QED) is 0.682. The van der Waals surface area contributed by atoms with Gasteiger partial charge in [-0.05, 0) is 43.5 Å². The van der Waals surface area contributed by atoms with E-state index in [1.807, 2.05) is 0 Å². The lowest BCUT2D eigenvalue weighted by atomic mass is 9.99. The number of benzene rings is 2. The molecule has 3 rings (SSSR count). The number of hydrogen-bond donors (Lipinski definition) is 0. The van der Waals surface area contributed by atoms with Crippen molar-refractivity contribution >= 4 is 25.6 Å². The van der Waals surface area contributed by atoms with Crippen LogP contribution in [-0.2, 0) is 29.2 Å². The van der Waals surface area contributed by atoms with Gasteiger partial charge in [-0.25, -0.2) is 16.8 Å². The molecular formula is C19H20O6S2. The third kappa shape index (κ3) is 4.06. The van der Waals surface area contributed by atoms with Gasteiger partial charge in [-0.2, -0.15) is 0 Å². The highest BCUT2D eigenvalue weighted by atomic mass is 32.3.